The number of nitrogens with one attached hydrogen (secondary N) is 1. The van der Waals surface area contributed by atoms with E-state index in [0.29, 0.717) is 41.4 Å². The van der Waals surface area contributed by atoms with Gasteiger partial charge in [0.2, 0.25) is 16.5 Å². The molecule has 204 valence electrons. The fourth-order valence-electron chi connectivity index (χ4n) is 4.71. The number of allylic oxidation sites excluding steroid dienone is 1. The van der Waals surface area contributed by atoms with Gasteiger partial charge in [-0.05, 0) is 37.8 Å². The van der Waals surface area contributed by atoms with E-state index in [9.17, 15) is 19.5 Å². The first kappa shape index (κ1) is 26.4. The third kappa shape index (κ3) is 5.21. The second-order valence-electron chi connectivity index (χ2n) is 9.89. The molecule has 2 fully saturated rings. The lowest BCUT2D eigenvalue weighted by atomic mass is 9.99. The smallest absolute Gasteiger partial charge is 0.341 e. The molecule has 1 aliphatic carbocycles. The molecule has 4 N–H and O–H groups in total. The van der Waals surface area contributed by atoms with Crippen molar-refractivity contribution in [2.75, 3.05) is 18.4 Å². The van der Waals surface area contributed by atoms with E-state index in [1.54, 1.807) is 13.0 Å². The molecule has 5 rings (SSSR count). The van der Waals surface area contributed by atoms with Gasteiger partial charge in [0, 0.05) is 60.3 Å². The molecule has 0 spiro atoms. The van der Waals surface area contributed by atoms with Crippen LogP contribution in [-0.4, -0.2) is 58.7 Å². The van der Waals surface area contributed by atoms with Crippen LogP contribution in [0.5, 0.6) is 0 Å². The maximum Gasteiger partial charge on any atom is 0.341 e. The summed E-state index contributed by atoms with van der Waals surface area (Å²) in [4.78, 5) is 43.6. The van der Waals surface area contributed by atoms with Crippen LogP contribution in [0.25, 0.3) is 17.3 Å². The molecule has 39 heavy (non-hydrogen) atoms. The number of carbonyl (C=O) groups is 2. The highest BCUT2D eigenvalue weighted by atomic mass is 32.1. The van der Waals surface area contributed by atoms with Crippen LogP contribution in [0.4, 0.5) is 5.82 Å². The molecule has 1 saturated carbocycles. The molecule has 0 bridgehead atoms. The number of hydrogen-bond acceptors (Lipinski definition) is 9. The number of nitrogens with two attached hydrogens (primary N) is 1. The average Bonchev–Trinajstić information content (AvgIpc) is 3.38. The number of carboxylic acids is 1. The minimum Gasteiger partial charge on any atom is -0.477 e. The number of anilines is 1. The van der Waals surface area contributed by atoms with E-state index in [2.05, 4.69) is 33.3 Å². The molecule has 0 aromatic carbocycles. The van der Waals surface area contributed by atoms with Crippen molar-refractivity contribution in [3.05, 3.63) is 62.5 Å². The van der Waals surface area contributed by atoms with E-state index in [1.165, 1.54) is 22.8 Å². The van der Waals surface area contributed by atoms with E-state index in [0.717, 1.165) is 37.3 Å². The largest absolute Gasteiger partial charge is 0.477 e. The number of pyridine rings is 1. The van der Waals surface area contributed by atoms with E-state index >= 15 is 0 Å². The zero-order valence-electron chi connectivity index (χ0n) is 21.8. The molecular formula is C26H30N8O4S. The topological polar surface area (TPSA) is 161 Å². The normalized spacial score (nSPS) is 16.7. The second kappa shape index (κ2) is 10.5. The Morgan fingerprint density at radius 3 is 2.69 bits per heavy atom. The predicted molar refractivity (Wildman–Crippen MR) is 147 cm³/mol. The van der Waals surface area contributed by atoms with Crippen molar-refractivity contribution < 1.29 is 14.7 Å². The molecule has 3 aromatic heterocycles. The van der Waals surface area contributed by atoms with Gasteiger partial charge < -0.3 is 21.1 Å². The summed E-state index contributed by atoms with van der Waals surface area (Å²) >= 11 is 1.05. The summed E-state index contributed by atoms with van der Waals surface area (Å²) < 4.78 is 7.38. The predicted octanol–water partition coefficient (Wildman–Crippen LogP) is 0.823. The Labute approximate surface area is 227 Å². The molecule has 0 atom stereocenters. The summed E-state index contributed by atoms with van der Waals surface area (Å²) in [5, 5.41) is 17.9. The van der Waals surface area contributed by atoms with Gasteiger partial charge in [0.1, 0.15) is 11.9 Å². The van der Waals surface area contributed by atoms with Crippen molar-refractivity contribution in [1.29, 1.82) is 0 Å². The number of nitrogens with zero attached hydrogens (tertiary/aromatic N) is 6. The van der Waals surface area contributed by atoms with Gasteiger partial charge in [0.15, 0.2) is 5.82 Å². The maximum absolute atomic E-state index is 13.0. The number of hydrogen-bond donors (Lipinski definition) is 3. The lowest BCUT2D eigenvalue weighted by molar-refractivity contribution is -0.124. The van der Waals surface area contributed by atoms with Gasteiger partial charge in [0.05, 0.1) is 17.1 Å². The number of carboxylic acid groups (broad SMARTS) is 1. The third-order valence-corrected chi connectivity index (χ3v) is 7.63. The Morgan fingerprint density at radius 2 is 2.08 bits per heavy atom. The Balaban J connectivity index is 1.33. The summed E-state index contributed by atoms with van der Waals surface area (Å²) in [7, 11) is 0. The first-order valence-electron chi connectivity index (χ1n) is 12.7. The lowest BCUT2D eigenvalue weighted by Crippen LogP contribution is -2.53. The van der Waals surface area contributed by atoms with Crippen molar-refractivity contribution >= 4 is 41.4 Å². The Bertz CT molecular complexity index is 1630. The maximum atomic E-state index is 13.0. The van der Waals surface area contributed by atoms with Crippen LogP contribution in [-0.2, 0) is 11.3 Å². The summed E-state index contributed by atoms with van der Waals surface area (Å²) in [6, 6.07) is 1.98. The SMILES string of the molecule is C=c1/c(=C(C)\C=C(/N)N2CC(C(=O)Nc3cc(C4CC4)n(CCC)n3)C2)c(=O)c(C(=O)O)cn1-c1ncns1. The Morgan fingerprint density at radius 1 is 1.33 bits per heavy atom. The number of carbonyl (C=O) groups excluding carboxylic acids is 1. The molecule has 2 aliphatic rings. The van der Waals surface area contributed by atoms with Crippen LogP contribution in [0.2, 0.25) is 0 Å². The van der Waals surface area contributed by atoms with Gasteiger partial charge in [-0.1, -0.05) is 13.5 Å². The molecule has 3 aromatic rings. The molecule has 1 saturated heterocycles. The number of aromatic nitrogens is 5. The van der Waals surface area contributed by atoms with E-state index in [-0.39, 0.29) is 22.4 Å². The number of amides is 1. The molecule has 12 nitrogen and oxygen atoms in total. The quantitative estimate of drug-likeness (QED) is 0.350. The molecule has 0 unspecified atom stereocenters. The molecule has 4 heterocycles. The second-order valence-corrected chi connectivity index (χ2v) is 10.6. The Kier molecular flexibility index (Phi) is 7.08. The summed E-state index contributed by atoms with van der Waals surface area (Å²) in [6.45, 7) is 9.42. The molecular weight excluding hydrogens is 520 g/mol. The monoisotopic (exact) mass is 550 g/mol. The number of aryl methyl sites for hydroxylation is 1. The van der Waals surface area contributed by atoms with Gasteiger partial charge >= 0.3 is 5.97 Å². The molecule has 1 aliphatic heterocycles. The number of rotatable bonds is 9. The Hall–Kier alpha value is -4.26. The highest BCUT2D eigenvalue weighted by molar-refractivity contribution is 7.07. The summed E-state index contributed by atoms with van der Waals surface area (Å²) in [5.74, 6) is -0.250. The minimum absolute atomic E-state index is 0.114. The molecule has 13 heteroatoms. The number of likely N-dealkylation sites (tertiary alicyclic amines) is 1. The van der Waals surface area contributed by atoms with Crippen molar-refractivity contribution in [3.8, 4) is 5.13 Å². The van der Waals surface area contributed by atoms with Crippen LogP contribution in [0, 0.1) is 5.92 Å². The highest BCUT2D eigenvalue weighted by Crippen LogP contribution is 2.41. The van der Waals surface area contributed by atoms with Crippen molar-refractivity contribution in [2.45, 2.75) is 45.6 Å². The third-order valence-electron chi connectivity index (χ3n) is 6.97. The molecule has 0 radical (unpaired) electrons. The first-order valence-corrected chi connectivity index (χ1v) is 13.5. The van der Waals surface area contributed by atoms with Crippen LogP contribution < -0.4 is 27.0 Å². The van der Waals surface area contributed by atoms with Crippen molar-refractivity contribution in [2.24, 2.45) is 11.7 Å². The van der Waals surface area contributed by atoms with Gasteiger partial charge in [-0.3, -0.25) is 18.8 Å². The fraction of sp³-hybridized carbons (Fsp3) is 0.385. The zero-order valence-corrected chi connectivity index (χ0v) is 22.6. The van der Waals surface area contributed by atoms with Gasteiger partial charge in [-0.25, -0.2) is 9.78 Å². The lowest BCUT2D eigenvalue weighted by Gasteiger charge is -2.39. The number of aromatic carboxylic acids is 1. The van der Waals surface area contributed by atoms with Gasteiger partial charge in [-0.15, -0.1) is 0 Å². The van der Waals surface area contributed by atoms with E-state index in [4.69, 9.17) is 5.73 Å². The zero-order chi connectivity index (χ0) is 27.8. The first-order chi connectivity index (χ1) is 18.7. The fourth-order valence-corrected chi connectivity index (χ4v) is 5.25. The van der Waals surface area contributed by atoms with E-state index < -0.39 is 17.0 Å². The van der Waals surface area contributed by atoms with Crippen LogP contribution >= 0.6 is 11.5 Å². The minimum atomic E-state index is -1.36. The summed E-state index contributed by atoms with van der Waals surface area (Å²) in [6.07, 6.45) is 7.44. The average molecular weight is 551 g/mol. The van der Waals surface area contributed by atoms with E-state index in [1.807, 2.05) is 15.6 Å². The standard InChI is InChI=1S/C26H30N8O4S/c1-4-7-34-19(16-5-6-16)9-21(31-34)30-24(36)17-10-32(11-17)20(27)8-14(2)22-15(3)33(26-28-13-29-39-26)12-18(23(22)35)25(37)38/h8-9,12-13,16-17H,3-7,10-11,27H2,1-2H3,(H,37,38)(H,30,31,36)/b20-8+,22-14+. The van der Waals surface area contributed by atoms with Gasteiger partial charge in [0.25, 0.3) is 0 Å². The van der Waals surface area contributed by atoms with Crippen LogP contribution in [0.3, 0.4) is 0 Å². The van der Waals surface area contributed by atoms with Gasteiger partial charge in [-0.2, -0.15) is 9.47 Å². The highest BCUT2D eigenvalue weighted by Gasteiger charge is 2.34. The van der Waals surface area contributed by atoms with Crippen molar-refractivity contribution in [3.63, 3.8) is 0 Å². The molecule has 1 amide bonds. The van der Waals surface area contributed by atoms with Crippen LogP contribution in [0.1, 0.15) is 55.1 Å². The van der Waals surface area contributed by atoms with Crippen molar-refractivity contribution in [1.82, 2.24) is 28.6 Å². The van der Waals surface area contributed by atoms with Crippen LogP contribution in [0.15, 0.2) is 35.3 Å². The summed E-state index contributed by atoms with van der Waals surface area (Å²) in [5.41, 5.74) is 6.87.